The van der Waals surface area contributed by atoms with Gasteiger partial charge in [-0.15, -0.1) is 0 Å². The van der Waals surface area contributed by atoms with E-state index < -0.39 is 0 Å². The van der Waals surface area contributed by atoms with Gasteiger partial charge in [-0.1, -0.05) is 35.6 Å². The number of halogens is 1. The molecule has 2 rings (SSSR count). The maximum Gasteiger partial charge on any atom is 0.113 e. The first-order valence-corrected chi connectivity index (χ1v) is 5.50. The highest BCUT2D eigenvalue weighted by Gasteiger charge is 2.06. The highest BCUT2D eigenvalue weighted by atomic mass is 127. The Labute approximate surface area is 90.1 Å². The lowest BCUT2D eigenvalue weighted by Gasteiger charge is -2.05. The monoisotopic (exact) mass is 287 g/mol. The van der Waals surface area contributed by atoms with Gasteiger partial charge in [-0.05, 0) is 24.1 Å². The van der Waals surface area contributed by atoms with Crippen LogP contribution in [0.5, 0.6) is 0 Å². The number of nitrogens with zero attached hydrogens (tertiary/aromatic N) is 2. The zero-order chi connectivity index (χ0) is 9.26. The smallest absolute Gasteiger partial charge is 0.113 e. The number of hydrogen-bond acceptors (Lipinski definition) is 2. The molecule has 68 valence electrons. The van der Waals surface area contributed by atoms with E-state index in [1.165, 1.54) is 5.56 Å². The zero-order valence-electron chi connectivity index (χ0n) is 7.29. The summed E-state index contributed by atoms with van der Waals surface area (Å²) in [5.74, 6) is 0. The van der Waals surface area contributed by atoms with E-state index in [-0.39, 0.29) is 0 Å². The van der Waals surface area contributed by atoms with Crippen molar-refractivity contribution in [2.45, 2.75) is 17.3 Å². The third-order valence-corrected chi connectivity index (χ3v) is 3.66. The number of hydrogen-bond donors (Lipinski definition) is 1. The standard InChI is InChI=1S/C9H10IN3/c1-2-7(10)6-3-4-8-9(5-6)12-13-11-8/h3-5,7H,2H2,1H3,(H,11,12,13). The topological polar surface area (TPSA) is 41.6 Å². The number of nitrogens with one attached hydrogen (secondary N) is 1. The third kappa shape index (κ3) is 1.67. The van der Waals surface area contributed by atoms with Crippen LogP contribution in [0.2, 0.25) is 0 Å². The molecule has 1 atom stereocenters. The minimum Gasteiger partial charge on any atom is -0.197 e. The van der Waals surface area contributed by atoms with Gasteiger partial charge in [0.25, 0.3) is 0 Å². The van der Waals surface area contributed by atoms with E-state index >= 15 is 0 Å². The fourth-order valence-electron chi connectivity index (χ4n) is 1.29. The van der Waals surface area contributed by atoms with Crippen molar-refractivity contribution in [1.82, 2.24) is 15.4 Å². The van der Waals surface area contributed by atoms with Gasteiger partial charge in [-0.25, -0.2) is 0 Å². The first-order chi connectivity index (χ1) is 6.31. The Hall–Kier alpha value is -0.650. The van der Waals surface area contributed by atoms with Crippen molar-refractivity contribution in [3.05, 3.63) is 23.8 Å². The van der Waals surface area contributed by atoms with Crippen molar-refractivity contribution in [2.75, 3.05) is 0 Å². The molecule has 0 bridgehead atoms. The van der Waals surface area contributed by atoms with Crippen LogP contribution >= 0.6 is 22.6 Å². The molecule has 0 aliphatic carbocycles. The Morgan fingerprint density at radius 1 is 1.38 bits per heavy atom. The molecule has 0 spiro atoms. The molecular weight excluding hydrogens is 277 g/mol. The van der Waals surface area contributed by atoms with Gasteiger partial charge in [0, 0.05) is 3.92 Å². The van der Waals surface area contributed by atoms with Gasteiger partial charge in [0.05, 0.1) is 0 Å². The van der Waals surface area contributed by atoms with Crippen LogP contribution in [0, 0.1) is 0 Å². The lowest BCUT2D eigenvalue weighted by molar-refractivity contribution is 0.928. The summed E-state index contributed by atoms with van der Waals surface area (Å²) >= 11 is 2.44. The quantitative estimate of drug-likeness (QED) is 0.681. The molecule has 2 aromatic rings. The van der Waals surface area contributed by atoms with Crippen molar-refractivity contribution in [2.24, 2.45) is 0 Å². The van der Waals surface area contributed by atoms with E-state index in [0.717, 1.165) is 17.5 Å². The van der Waals surface area contributed by atoms with Gasteiger partial charge in [-0.3, -0.25) is 0 Å². The molecule has 1 aromatic heterocycles. The summed E-state index contributed by atoms with van der Waals surface area (Å²) in [5.41, 5.74) is 3.21. The lowest BCUT2D eigenvalue weighted by Crippen LogP contribution is -1.86. The Morgan fingerprint density at radius 3 is 2.92 bits per heavy atom. The molecule has 1 heterocycles. The molecule has 4 heteroatoms. The number of H-pyrrole nitrogens is 1. The molecule has 1 unspecified atom stereocenters. The van der Waals surface area contributed by atoms with Gasteiger partial charge in [0.1, 0.15) is 11.0 Å². The highest BCUT2D eigenvalue weighted by Crippen LogP contribution is 2.27. The average molecular weight is 287 g/mol. The largest absolute Gasteiger partial charge is 0.197 e. The van der Waals surface area contributed by atoms with Gasteiger partial charge >= 0.3 is 0 Å². The van der Waals surface area contributed by atoms with Crippen LogP contribution in [-0.2, 0) is 0 Å². The van der Waals surface area contributed by atoms with E-state index in [9.17, 15) is 0 Å². The van der Waals surface area contributed by atoms with E-state index in [0.29, 0.717) is 3.92 Å². The Kier molecular flexibility index (Phi) is 2.48. The van der Waals surface area contributed by atoms with Crippen molar-refractivity contribution in [3.63, 3.8) is 0 Å². The van der Waals surface area contributed by atoms with E-state index in [1.807, 2.05) is 6.07 Å². The first kappa shape index (κ1) is 8.93. The minimum atomic E-state index is 0.568. The van der Waals surface area contributed by atoms with Crippen molar-refractivity contribution in [1.29, 1.82) is 0 Å². The van der Waals surface area contributed by atoms with Crippen LogP contribution in [0.25, 0.3) is 11.0 Å². The van der Waals surface area contributed by atoms with Crippen molar-refractivity contribution < 1.29 is 0 Å². The molecule has 0 saturated carbocycles. The van der Waals surface area contributed by atoms with E-state index in [4.69, 9.17) is 0 Å². The molecule has 1 aromatic carbocycles. The second-order valence-corrected chi connectivity index (χ2v) is 4.45. The molecule has 0 amide bonds. The molecule has 13 heavy (non-hydrogen) atoms. The zero-order valence-corrected chi connectivity index (χ0v) is 9.45. The summed E-state index contributed by atoms with van der Waals surface area (Å²) in [6.07, 6.45) is 1.14. The Bertz CT molecular complexity index is 410. The summed E-state index contributed by atoms with van der Waals surface area (Å²) in [5, 5.41) is 10.7. The van der Waals surface area contributed by atoms with Crippen molar-refractivity contribution >= 4 is 33.6 Å². The van der Waals surface area contributed by atoms with Gasteiger partial charge in [-0.2, -0.15) is 15.4 Å². The second kappa shape index (κ2) is 3.61. The molecule has 0 fully saturated rings. The van der Waals surface area contributed by atoms with E-state index in [1.54, 1.807) is 0 Å². The molecular formula is C9H10IN3. The van der Waals surface area contributed by atoms with Crippen LogP contribution in [0.4, 0.5) is 0 Å². The lowest BCUT2D eigenvalue weighted by atomic mass is 10.1. The summed E-state index contributed by atoms with van der Waals surface area (Å²) in [4.78, 5) is 0. The maximum atomic E-state index is 4.06. The summed E-state index contributed by atoms with van der Waals surface area (Å²) in [6.45, 7) is 2.18. The van der Waals surface area contributed by atoms with Gasteiger partial charge < -0.3 is 0 Å². The molecule has 1 N–H and O–H groups in total. The fraction of sp³-hybridized carbons (Fsp3) is 0.333. The third-order valence-electron chi connectivity index (χ3n) is 2.06. The van der Waals surface area contributed by atoms with E-state index in [2.05, 4.69) is 57.1 Å². The number of benzene rings is 1. The normalized spacial score (nSPS) is 13.4. The number of fused-ring (bicyclic) bond motifs is 1. The van der Waals surface area contributed by atoms with Gasteiger partial charge in [0.2, 0.25) is 0 Å². The van der Waals surface area contributed by atoms with Crippen LogP contribution in [0.1, 0.15) is 22.8 Å². The highest BCUT2D eigenvalue weighted by molar-refractivity contribution is 14.1. The molecule has 0 radical (unpaired) electrons. The number of aromatic nitrogens is 3. The molecule has 3 nitrogen and oxygen atoms in total. The Morgan fingerprint density at radius 2 is 2.15 bits per heavy atom. The predicted octanol–water partition coefficient (Wildman–Crippen LogP) is 2.84. The predicted molar refractivity (Wildman–Crippen MR) is 60.9 cm³/mol. The van der Waals surface area contributed by atoms with Crippen LogP contribution in [0.15, 0.2) is 18.2 Å². The SMILES string of the molecule is CCC(I)c1ccc2n[nH]nc2c1. The average Bonchev–Trinajstić information content (AvgIpc) is 2.63. The Balaban J connectivity index is 2.48. The summed E-state index contributed by atoms with van der Waals surface area (Å²) in [7, 11) is 0. The van der Waals surface area contributed by atoms with Crippen molar-refractivity contribution in [3.8, 4) is 0 Å². The fourth-order valence-corrected chi connectivity index (χ4v) is 1.68. The van der Waals surface area contributed by atoms with Crippen LogP contribution in [-0.4, -0.2) is 15.4 Å². The molecule has 0 saturated heterocycles. The number of rotatable bonds is 2. The number of aromatic amines is 1. The van der Waals surface area contributed by atoms with Gasteiger partial charge in [0.15, 0.2) is 0 Å². The molecule has 0 aliphatic heterocycles. The first-order valence-electron chi connectivity index (χ1n) is 4.25. The molecule has 0 aliphatic rings. The second-order valence-electron chi connectivity index (χ2n) is 2.95. The number of alkyl halides is 1. The maximum absolute atomic E-state index is 4.06. The minimum absolute atomic E-state index is 0.568. The summed E-state index contributed by atoms with van der Waals surface area (Å²) in [6, 6.07) is 6.22. The summed E-state index contributed by atoms with van der Waals surface area (Å²) < 4.78 is 0.568. The van der Waals surface area contributed by atoms with Crippen LogP contribution < -0.4 is 0 Å². The van der Waals surface area contributed by atoms with Crippen LogP contribution in [0.3, 0.4) is 0 Å².